The molecule has 1 aromatic carbocycles. The molecular weight excluding hydrogens is 359 g/mol. The fourth-order valence-electron chi connectivity index (χ4n) is 3.83. The molecular formula is C18H24Cl2N4O. The lowest BCUT2D eigenvalue weighted by Gasteiger charge is -2.21. The van der Waals surface area contributed by atoms with Gasteiger partial charge in [0.1, 0.15) is 5.69 Å². The monoisotopic (exact) mass is 382 g/mol. The number of nitrogens with zero attached hydrogens (tertiary/aromatic N) is 3. The van der Waals surface area contributed by atoms with Crippen LogP contribution in [0.25, 0.3) is 5.69 Å². The van der Waals surface area contributed by atoms with Crippen LogP contribution in [-0.2, 0) is 0 Å². The maximum atomic E-state index is 13.0. The number of rotatable bonds is 2. The Bertz CT molecular complexity index is 677. The Morgan fingerprint density at radius 3 is 2.32 bits per heavy atom. The molecule has 2 aromatic rings. The summed E-state index contributed by atoms with van der Waals surface area (Å²) in [5.41, 5.74) is 1.63. The van der Waals surface area contributed by atoms with Crippen LogP contribution in [0.4, 0.5) is 0 Å². The topological polar surface area (TPSA) is 50.2 Å². The molecule has 3 heterocycles. The van der Waals surface area contributed by atoms with Crippen molar-refractivity contribution in [3.8, 4) is 5.69 Å². The smallest absolute Gasteiger partial charge is 0.272 e. The van der Waals surface area contributed by atoms with Crippen LogP contribution < -0.4 is 5.32 Å². The van der Waals surface area contributed by atoms with Crippen molar-refractivity contribution >= 4 is 30.7 Å². The molecule has 0 saturated carbocycles. The number of benzene rings is 1. The number of carbonyl (C=O) groups is 1. The average molecular weight is 383 g/mol. The molecule has 0 spiro atoms. The largest absolute Gasteiger partial charge is 0.337 e. The molecule has 2 aliphatic heterocycles. The van der Waals surface area contributed by atoms with E-state index in [1.54, 1.807) is 12.5 Å². The van der Waals surface area contributed by atoms with E-state index in [1.807, 2.05) is 39.8 Å². The molecule has 2 saturated heterocycles. The van der Waals surface area contributed by atoms with E-state index in [2.05, 4.69) is 10.3 Å². The summed E-state index contributed by atoms with van der Waals surface area (Å²) in [6, 6.07) is 9.92. The summed E-state index contributed by atoms with van der Waals surface area (Å²) < 4.78 is 1.88. The molecule has 0 bridgehead atoms. The molecule has 4 rings (SSSR count). The summed E-state index contributed by atoms with van der Waals surface area (Å²) in [6.07, 6.45) is 5.60. The molecule has 7 heteroatoms. The van der Waals surface area contributed by atoms with Crippen molar-refractivity contribution in [2.45, 2.75) is 12.8 Å². The van der Waals surface area contributed by atoms with Crippen LogP contribution in [0.1, 0.15) is 23.3 Å². The zero-order valence-electron chi connectivity index (χ0n) is 14.0. The second-order valence-electron chi connectivity index (χ2n) is 6.53. The number of halogens is 2. The first-order valence-electron chi connectivity index (χ1n) is 8.40. The summed E-state index contributed by atoms with van der Waals surface area (Å²) in [6.45, 7) is 3.91. The van der Waals surface area contributed by atoms with Crippen molar-refractivity contribution in [3.05, 3.63) is 48.5 Å². The number of amides is 1. The van der Waals surface area contributed by atoms with Gasteiger partial charge >= 0.3 is 0 Å². The normalized spacial score (nSPS) is 22.3. The highest BCUT2D eigenvalue weighted by Crippen LogP contribution is 2.27. The van der Waals surface area contributed by atoms with E-state index >= 15 is 0 Å². The standard InChI is InChI=1S/C18H22N4O.2ClH/c23-18(21-8-6-14-10-19-11-15(14)7-9-21)17-12-20-13-22(17)16-4-2-1-3-5-16;;/h1-5,12-15,19H,6-11H2;2*1H/t14-,15+;;. The SMILES string of the molecule is Cl.Cl.O=C(c1cncn1-c1ccccc1)N1CC[C@@H]2CNC[C@@H]2CC1. The fourth-order valence-corrected chi connectivity index (χ4v) is 3.83. The maximum absolute atomic E-state index is 13.0. The van der Waals surface area contributed by atoms with Crippen molar-refractivity contribution in [2.75, 3.05) is 26.2 Å². The van der Waals surface area contributed by atoms with Gasteiger partial charge in [0.25, 0.3) is 5.91 Å². The van der Waals surface area contributed by atoms with E-state index in [-0.39, 0.29) is 30.7 Å². The summed E-state index contributed by atoms with van der Waals surface area (Å²) in [7, 11) is 0. The molecule has 1 amide bonds. The lowest BCUT2D eigenvalue weighted by molar-refractivity contribution is 0.0750. The minimum absolute atomic E-state index is 0. The van der Waals surface area contributed by atoms with Gasteiger partial charge in [-0.05, 0) is 49.9 Å². The Kier molecular flexibility index (Phi) is 6.87. The van der Waals surface area contributed by atoms with E-state index in [0.717, 1.165) is 56.5 Å². The lowest BCUT2D eigenvalue weighted by atomic mass is 9.92. The fraction of sp³-hybridized carbons (Fsp3) is 0.444. The summed E-state index contributed by atoms with van der Waals surface area (Å²) in [5.74, 6) is 1.55. The average Bonchev–Trinajstić information content (AvgIpc) is 3.21. The van der Waals surface area contributed by atoms with E-state index in [1.165, 1.54) is 0 Å². The Balaban J connectivity index is 0.00000113. The Labute approximate surface area is 160 Å². The molecule has 5 nitrogen and oxygen atoms in total. The van der Waals surface area contributed by atoms with Gasteiger partial charge in [0.05, 0.1) is 12.5 Å². The number of nitrogens with one attached hydrogen (secondary N) is 1. The second kappa shape index (κ2) is 8.70. The van der Waals surface area contributed by atoms with E-state index in [4.69, 9.17) is 0 Å². The van der Waals surface area contributed by atoms with Gasteiger partial charge in [-0.25, -0.2) is 4.98 Å². The van der Waals surface area contributed by atoms with Crippen molar-refractivity contribution < 1.29 is 4.79 Å². The molecule has 0 aliphatic carbocycles. The zero-order chi connectivity index (χ0) is 15.6. The molecule has 2 fully saturated rings. The number of hydrogen-bond donors (Lipinski definition) is 1. The summed E-state index contributed by atoms with van der Waals surface area (Å²) in [5, 5.41) is 3.48. The van der Waals surface area contributed by atoms with Crippen LogP contribution >= 0.6 is 24.8 Å². The third kappa shape index (κ3) is 4.00. The first-order valence-corrected chi connectivity index (χ1v) is 8.40. The van der Waals surface area contributed by atoms with Crippen LogP contribution in [0, 0.1) is 11.8 Å². The highest BCUT2D eigenvalue weighted by Gasteiger charge is 2.32. The number of aromatic nitrogens is 2. The maximum Gasteiger partial charge on any atom is 0.272 e. The van der Waals surface area contributed by atoms with Crippen molar-refractivity contribution in [1.29, 1.82) is 0 Å². The summed E-state index contributed by atoms with van der Waals surface area (Å²) in [4.78, 5) is 19.2. The predicted molar refractivity (Wildman–Crippen MR) is 103 cm³/mol. The first kappa shape index (κ1) is 19.8. The number of hydrogen-bond acceptors (Lipinski definition) is 3. The highest BCUT2D eigenvalue weighted by molar-refractivity contribution is 5.93. The molecule has 25 heavy (non-hydrogen) atoms. The van der Waals surface area contributed by atoms with E-state index in [9.17, 15) is 4.79 Å². The number of imidazole rings is 1. The van der Waals surface area contributed by atoms with Crippen LogP contribution in [0.3, 0.4) is 0 Å². The second-order valence-corrected chi connectivity index (χ2v) is 6.53. The minimum atomic E-state index is 0. The van der Waals surface area contributed by atoms with Gasteiger partial charge in [0.15, 0.2) is 0 Å². The van der Waals surface area contributed by atoms with Crippen LogP contribution in [0.5, 0.6) is 0 Å². The highest BCUT2D eigenvalue weighted by atomic mass is 35.5. The van der Waals surface area contributed by atoms with Crippen LogP contribution in [0.15, 0.2) is 42.9 Å². The van der Waals surface area contributed by atoms with Crippen molar-refractivity contribution in [1.82, 2.24) is 19.8 Å². The van der Waals surface area contributed by atoms with E-state index in [0.29, 0.717) is 5.69 Å². The van der Waals surface area contributed by atoms with E-state index < -0.39 is 0 Å². The lowest BCUT2D eigenvalue weighted by Crippen LogP contribution is -2.34. The van der Waals surface area contributed by atoms with Gasteiger partial charge < -0.3 is 10.2 Å². The number of fused-ring (bicyclic) bond motifs is 1. The molecule has 1 N–H and O–H groups in total. The molecule has 136 valence electrons. The van der Waals surface area contributed by atoms with Crippen LogP contribution in [-0.4, -0.2) is 46.5 Å². The third-order valence-electron chi connectivity index (χ3n) is 5.20. The zero-order valence-corrected chi connectivity index (χ0v) is 15.6. The van der Waals surface area contributed by atoms with Gasteiger partial charge in [-0.2, -0.15) is 0 Å². The number of likely N-dealkylation sites (tertiary alicyclic amines) is 1. The first-order chi connectivity index (χ1) is 11.3. The summed E-state index contributed by atoms with van der Waals surface area (Å²) >= 11 is 0. The van der Waals surface area contributed by atoms with Crippen molar-refractivity contribution in [3.63, 3.8) is 0 Å². The molecule has 0 radical (unpaired) electrons. The van der Waals surface area contributed by atoms with Gasteiger partial charge in [0, 0.05) is 18.8 Å². The van der Waals surface area contributed by atoms with Crippen molar-refractivity contribution in [2.24, 2.45) is 11.8 Å². The number of carbonyl (C=O) groups excluding carboxylic acids is 1. The van der Waals surface area contributed by atoms with Crippen LogP contribution in [0.2, 0.25) is 0 Å². The number of para-hydroxylation sites is 1. The van der Waals surface area contributed by atoms with Gasteiger partial charge in [-0.1, -0.05) is 18.2 Å². The Hall–Kier alpha value is -1.56. The Morgan fingerprint density at radius 1 is 1.04 bits per heavy atom. The molecule has 2 aliphatic rings. The predicted octanol–water partition coefficient (Wildman–Crippen LogP) is 2.79. The third-order valence-corrected chi connectivity index (χ3v) is 5.20. The minimum Gasteiger partial charge on any atom is -0.337 e. The van der Waals surface area contributed by atoms with Gasteiger partial charge in [-0.3, -0.25) is 9.36 Å². The Morgan fingerprint density at radius 2 is 1.68 bits per heavy atom. The molecule has 0 unspecified atom stereocenters. The van der Waals surface area contributed by atoms with Gasteiger partial charge in [-0.15, -0.1) is 24.8 Å². The van der Waals surface area contributed by atoms with Gasteiger partial charge in [0.2, 0.25) is 0 Å². The molecule has 2 atom stereocenters. The molecule has 1 aromatic heterocycles. The quantitative estimate of drug-likeness (QED) is 0.868.